The molecule has 0 bridgehead atoms. The molecule has 6 nitrogen and oxygen atoms in total. The molecule has 2 atom stereocenters. The third-order valence-electron chi connectivity index (χ3n) is 3.97. The van der Waals surface area contributed by atoms with Gasteiger partial charge in [0.15, 0.2) is 0 Å². The van der Waals surface area contributed by atoms with Gasteiger partial charge >= 0.3 is 6.03 Å². The molecule has 3 rings (SSSR count). The molecule has 0 saturated carbocycles. The van der Waals surface area contributed by atoms with E-state index in [4.69, 9.17) is 0 Å². The lowest BCUT2D eigenvalue weighted by molar-refractivity contribution is 0.179. The zero-order valence-electron chi connectivity index (χ0n) is 11.4. The third-order valence-corrected chi connectivity index (χ3v) is 3.97. The minimum atomic E-state index is 0.122. The van der Waals surface area contributed by atoms with Gasteiger partial charge in [0.1, 0.15) is 0 Å². The number of fused-ring (bicyclic) bond motifs is 1. The SMILES string of the molecule is CN(C)C(=O)N1C[C@H]2CN(c3ncccn3)C[C@@H]2C1. The van der Waals surface area contributed by atoms with Crippen LogP contribution in [0.3, 0.4) is 0 Å². The van der Waals surface area contributed by atoms with Gasteiger partial charge in [0.2, 0.25) is 5.95 Å². The standard InChI is InChI=1S/C13H19N5O/c1-16(2)13(19)18-8-10-6-17(7-11(10)9-18)12-14-4-3-5-15-12/h3-5,10-11H,6-9H2,1-2H3/t10-,11-/m1/s1. The summed E-state index contributed by atoms with van der Waals surface area (Å²) in [4.78, 5) is 26.4. The van der Waals surface area contributed by atoms with Crippen LogP contribution >= 0.6 is 0 Å². The van der Waals surface area contributed by atoms with Crippen LogP contribution in [0.15, 0.2) is 18.5 Å². The minimum Gasteiger partial charge on any atom is -0.340 e. The van der Waals surface area contributed by atoms with E-state index in [0.717, 1.165) is 32.1 Å². The lowest BCUT2D eigenvalue weighted by Crippen LogP contribution is -2.39. The lowest BCUT2D eigenvalue weighted by Gasteiger charge is -2.24. The van der Waals surface area contributed by atoms with Crippen LogP contribution in [0.4, 0.5) is 10.7 Å². The van der Waals surface area contributed by atoms with Crippen molar-refractivity contribution in [2.45, 2.75) is 0 Å². The Morgan fingerprint density at radius 2 is 1.74 bits per heavy atom. The van der Waals surface area contributed by atoms with Crippen LogP contribution in [0.5, 0.6) is 0 Å². The predicted molar refractivity (Wildman–Crippen MR) is 71.9 cm³/mol. The summed E-state index contributed by atoms with van der Waals surface area (Å²) in [7, 11) is 3.61. The van der Waals surface area contributed by atoms with Crippen LogP contribution in [0.2, 0.25) is 0 Å². The Balaban J connectivity index is 1.64. The average molecular weight is 261 g/mol. The molecule has 0 aliphatic carbocycles. The van der Waals surface area contributed by atoms with Gasteiger partial charge in [-0.05, 0) is 6.07 Å². The number of anilines is 1. The summed E-state index contributed by atoms with van der Waals surface area (Å²) < 4.78 is 0. The minimum absolute atomic E-state index is 0.122. The maximum Gasteiger partial charge on any atom is 0.319 e. The van der Waals surface area contributed by atoms with E-state index >= 15 is 0 Å². The highest BCUT2D eigenvalue weighted by Gasteiger charge is 2.42. The van der Waals surface area contributed by atoms with Gasteiger partial charge in [0, 0.05) is 64.5 Å². The van der Waals surface area contributed by atoms with E-state index < -0.39 is 0 Å². The van der Waals surface area contributed by atoms with Gasteiger partial charge in [0.25, 0.3) is 0 Å². The van der Waals surface area contributed by atoms with Crippen LogP contribution in [-0.2, 0) is 0 Å². The second-order valence-corrected chi connectivity index (χ2v) is 5.56. The van der Waals surface area contributed by atoms with Crippen LogP contribution in [0.1, 0.15) is 0 Å². The molecule has 2 fully saturated rings. The highest BCUT2D eigenvalue weighted by atomic mass is 16.2. The van der Waals surface area contributed by atoms with Gasteiger partial charge in [-0.3, -0.25) is 0 Å². The van der Waals surface area contributed by atoms with Crippen molar-refractivity contribution in [2.75, 3.05) is 45.2 Å². The largest absolute Gasteiger partial charge is 0.340 e. The van der Waals surface area contributed by atoms with Crippen molar-refractivity contribution >= 4 is 12.0 Å². The molecule has 0 aromatic carbocycles. The summed E-state index contributed by atoms with van der Waals surface area (Å²) in [5.41, 5.74) is 0. The molecule has 0 N–H and O–H groups in total. The second-order valence-electron chi connectivity index (χ2n) is 5.56. The van der Waals surface area contributed by atoms with Crippen molar-refractivity contribution in [1.29, 1.82) is 0 Å². The molecule has 2 amide bonds. The van der Waals surface area contributed by atoms with E-state index in [1.807, 2.05) is 11.0 Å². The monoisotopic (exact) mass is 261 g/mol. The van der Waals surface area contributed by atoms with Gasteiger partial charge in [-0.1, -0.05) is 0 Å². The van der Waals surface area contributed by atoms with Crippen molar-refractivity contribution in [1.82, 2.24) is 19.8 Å². The van der Waals surface area contributed by atoms with E-state index in [9.17, 15) is 4.79 Å². The fraction of sp³-hybridized carbons (Fsp3) is 0.615. The number of nitrogens with zero attached hydrogens (tertiary/aromatic N) is 5. The van der Waals surface area contributed by atoms with Gasteiger partial charge < -0.3 is 14.7 Å². The number of likely N-dealkylation sites (tertiary alicyclic amines) is 1. The Hall–Kier alpha value is -1.85. The Bertz CT molecular complexity index is 449. The van der Waals surface area contributed by atoms with Crippen molar-refractivity contribution in [3.8, 4) is 0 Å². The Morgan fingerprint density at radius 3 is 2.26 bits per heavy atom. The van der Waals surface area contributed by atoms with Crippen molar-refractivity contribution in [3.05, 3.63) is 18.5 Å². The van der Waals surface area contributed by atoms with Gasteiger partial charge in [0.05, 0.1) is 0 Å². The quantitative estimate of drug-likeness (QED) is 0.740. The zero-order valence-corrected chi connectivity index (χ0v) is 11.4. The van der Waals surface area contributed by atoms with Crippen LogP contribution in [-0.4, -0.2) is 66.1 Å². The molecule has 0 spiro atoms. The molecule has 19 heavy (non-hydrogen) atoms. The highest BCUT2D eigenvalue weighted by molar-refractivity contribution is 5.74. The van der Waals surface area contributed by atoms with Crippen LogP contribution in [0.25, 0.3) is 0 Å². The maximum atomic E-state index is 11.9. The topological polar surface area (TPSA) is 52.6 Å². The molecule has 2 aliphatic heterocycles. The first-order valence-corrected chi connectivity index (χ1v) is 6.63. The molecule has 3 heterocycles. The van der Waals surface area contributed by atoms with E-state index in [2.05, 4.69) is 14.9 Å². The smallest absolute Gasteiger partial charge is 0.319 e. The summed E-state index contributed by atoms with van der Waals surface area (Å²) in [6.45, 7) is 3.60. The average Bonchev–Trinajstić information content (AvgIpc) is 2.96. The normalized spacial score (nSPS) is 25.6. The van der Waals surface area contributed by atoms with E-state index in [1.54, 1.807) is 31.4 Å². The molecular weight excluding hydrogens is 242 g/mol. The fourth-order valence-corrected chi connectivity index (χ4v) is 3.05. The first-order valence-electron chi connectivity index (χ1n) is 6.63. The number of hydrogen-bond acceptors (Lipinski definition) is 4. The van der Waals surface area contributed by atoms with E-state index in [1.165, 1.54) is 0 Å². The van der Waals surface area contributed by atoms with Crippen molar-refractivity contribution in [2.24, 2.45) is 11.8 Å². The number of aromatic nitrogens is 2. The number of amides is 2. The first kappa shape index (κ1) is 12.2. The number of carbonyl (C=O) groups excluding carboxylic acids is 1. The maximum absolute atomic E-state index is 11.9. The highest BCUT2D eigenvalue weighted by Crippen LogP contribution is 2.32. The molecular formula is C13H19N5O. The Labute approximate surface area is 113 Å². The molecule has 6 heteroatoms. The zero-order chi connectivity index (χ0) is 13.4. The van der Waals surface area contributed by atoms with Gasteiger partial charge in [-0.2, -0.15) is 0 Å². The number of carbonyl (C=O) groups is 1. The third kappa shape index (κ3) is 2.22. The Morgan fingerprint density at radius 1 is 1.16 bits per heavy atom. The number of hydrogen-bond donors (Lipinski definition) is 0. The molecule has 2 saturated heterocycles. The molecule has 1 aromatic heterocycles. The van der Waals surface area contributed by atoms with Crippen molar-refractivity contribution < 1.29 is 4.79 Å². The van der Waals surface area contributed by atoms with E-state index in [0.29, 0.717) is 11.8 Å². The molecule has 2 aliphatic rings. The fourth-order valence-electron chi connectivity index (χ4n) is 3.05. The number of rotatable bonds is 1. The summed E-state index contributed by atoms with van der Waals surface area (Å²) in [6.07, 6.45) is 3.55. The first-order chi connectivity index (χ1) is 9.15. The summed E-state index contributed by atoms with van der Waals surface area (Å²) in [5, 5.41) is 0. The van der Waals surface area contributed by atoms with Gasteiger partial charge in [-0.25, -0.2) is 14.8 Å². The van der Waals surface area contributed by atoms with Crippen molar-refractivity contribution in [3.63, 3.8) is 0 Å². The lowest BCUT2D eigenvalue weighted by atomic mass is 10.0. The molecule has 0 radical (unpaired) electrons. The summed E-state index contributed by atoms with van der Waals surface area (Å²) in [6, 6.07) is 1.95. The van der Waals surface area contributed by atoms with Gasteiger partial charge in [-0.15, -0.1) is 0 Å². The summed E-state index contributed by atoms with van der Waals surface area (Å²) >= 11 is 0. The number of urea groups is 1. The second kappa shape index (κ2) is 4.68. The van der Waals surface area contributed by atoms with Crippen LogP contribution < -0.4 is 4.90 Å². The van der Waals surface area contributed by atoms with Crippen LogP contribution in [0, 0.1) is 11.8 Å². The predicted octanol–water partition coefficient (Wildman–Crippen LogP) is 0.526. The molecule has 0 unspecified atom stereocenters. The van der Waals surface area contributed by atoms with E-state index in [-0.39, 0.29) is 6.03 Å². The molecule has 102 valence electrons. The molecule has 1 aromatic rings. The Kier molecular flexibility index (Phi) is 3.00. The summed E-state index contributed by atoms with van der Waals surface area (Å²) in [5.74, 6) is 1.91.